The summed E-state index contributed by atoms with van der Waals surface area (Å²) in [5, 5.41) is 21.3. The van der Waals surface area contributed by atoms with Gasteiger partial charge >= 0.3 is 12.0 Å². The lowest BCUT2D eigenvalue weighted by molar-refractivity contribution is -0.139. The minimum atomic E-state index is -1.15. The molecule has 0 saturated carbocycles. The van der Waals surface area contributed by atoms with Crippen molar-refractivity contribution in [3.05, 3.63) is 11.9 Å². The van der Waals surface area contributed by atoms with Crippen LogP contribution >= 0.6 is 0 Å². The van der Waals surface area contributed by atoms with Crippen molar-refractivity contribution in [2.24, 2.45) is 0 Å². The van der Waals surface area contributed by atoms with Gasteiger partial charge in [0.1, 0.15) is 6.04 Å². The largest absolute Gasteiger partial charge is 0.480 e. The van der Waals surface area contributed by atoms with E-state index in [0.29, 0.717) is 12.1 Å². The van der Waals surface area contributed by atoms with Gasteiger partial charge in [-0.15, -0.1) is 5.10 Å². The van der Waals surface area contributed by atoms with Crippen LogP contribution in [0.3, 0.4) is 0 Å². The number of carboxylic acid groups (broad SMARTS) is 1. The van der Waals surface area contributed by atoms with E-state index in [9.17, 15) is 18.8 Å². The first-order valence-electron chi connectivity index (χ1n) is 7.84. The molecule has 25 heavy (non-hydrogen) atoms. The molecular formula is C14H22FN5O5. The van der Waals surface area contributed by atoms with Crippen LogP contribution in [-0.2, 0) is 27.3 Å². The molecule has 0 bridgehead atoms. The number of carbonyl (C=O) groups is 3. The smallest absolute Gasteiger partial charge is 0.326 e. The topological polar surface area (TPSA) is 135 Å². The van der Waals surface area contributed by atoms with Crippen molar-refractivity contribution >= 4 is 18.5 Å². The van der Waals surface area contributed by atoms with Crippen molar-refractivity contribution < 1.29 is 28.6 Å². The summed E-state index contributed by atoms with van der Waals surface area (Å²) in [6.45, 7) is 1.69. The highest BCUT2D eigenvalue weighted by atomic mass is 18.2. The lowest BCUT2D eigenvalue weighted by atomic mass is 10.2. The molecule has 0 aliphatic rings. The minimum Gasteiger partial charge on any atom is -0.480 e. The number of amides is 2. The number of hydrogen-bond acceptors (Lipinski definition) is 6. The van der Waals surface area contributed by atoms with Gasteiger partial charge in [0.15, 0.2) is 6.23 Å². The summed E-state index contributed by atoms with van der Waals surface area (Å²) in [6, 6.07) is -1.79. The molecule has 1 heterocycles. The fourth-order valence-electron chi connectivity index (χ4n) is 2.04. The second kappa shape index (κ2) is 10.9. The number of rotatable bonds is 12. The summed E-state index contributed by atoms with van der Waals surface area (Å²) in [6.07, 6.45) is 1.78. The van der Waals surface area contributed by atoms with Gasteiger partial charge in [-0.05, 0) is 6.42 Å². The molecule has 0 saturated heterocycles. The molecule has 1 aromatic rings. The molecular weight excluding hydrogens is 336 g/mol. The number of urea groups is 1. The molecule has 1 rings (SSSR count). The number of halogens is 1. The lowest BCUT2D eigenvalue weighted by Gasteiger charge is -2.19. The summed E-state index contributed by atoms with van der Waals surface area (Å²) in [5.74, 6) is -1.15. The summed E-state index contributed by atoms with van der Waals surface area (Å²) < 4.78 is 18.4. The molecule has 2 atom stereocenters. The molecule has 0 radical (unpaired) electrons. The molecule has 0 aromatic carbocycles. The Kier molecular flexibility index (Phi) is 8.90. The van der Waals surface area contributed by atoms with Crippen LogP contribution in [0.5, 0.6) is 0 Å². The zero-order chi connectivity index (χ0) is 18.7. The third-order valence-corrected chi connectivity index (χ3v) is 3.25. The zero-order valence-corrected chi connectivity index (χ0v) is 13.9. The van der Waals surface area contributed by atoms with Gasteiger partial charge in [0.2, 0.25) is 0 Å². The summed E-state index contributed by atoms with van der Waals surface area (Å²) in [5.41, 5.74) is 0.491. The fraction of sp³-hybridized carbons (Fsp3) is 0.643. The SMILES string of the molecule is CCC[C@H](NC(=O)N[C@@H](CCn1cc(CC[18F])nn1)OC=O)C(=O)O. The van der Waals surface area contributed by atoms with Crippen LogP contribution in [-0.4, -0.2) is 57.5 Å². The van der Waals surface area contributed by atoms with Gasteiger partial charge in [0.05, 0.1) is 12.4 Å². The Labute approximate surface area is 143 Å². The highest BCUT2D eigenvalue weighted by Gasteiger charge is 2.21. The Hall–Kier alpha value is -2.72. The monoisotopic (exact) mass is 358 g/mol. The first-order chi connectivity index (χ1) is 12.0. The number of aromatic nitrogens is 3. The number of aryl methyl sites for hydroxylation is 2. The lowest BCUT2D eigenvalue weighted by Crippen LogP contribution is -2.49. The van der Waals surface area contributed by atoms with E-state index in [0.717, 1.165) is 0 Å². The maximum Gasteiger partial charge on any atom is 0.326 e. The van der Waals surface area contributed by atoms with Crippen molar-refractivity contribution in [3.63, 3.8) is 0 Å². The zero-order valence-electron chi connectivity index (χ0n) is 13.9. The predicted molar refractivity (Wildman–Crippen MR) is 83.3 cm³/mol. The number of carboxylic acids is 1. The first-order valence-corrected chi connectivity index (χ1v) is 7.84. The molecule has 1 aromatic heterocycles. The van der Waals surface area contributed by atoms with Gasteiger partial charge < -0.3 is 20.5 Å². The Balaban J connectivity index is 2.52. The molecule has 3 N–H and O–H groups in total. The predicted octanol–water partition coefficient (Wildman–Crippen LogP) is 0.232. The average Bonchev–Trinajstić information content (AvgIpc) is 3.00. The van der Waals surface area contributed by atoms with E-state index in [1.807, 2.05) is 0 Å². The van der Waals surface area contributed by atoms with Crippen molar-refractivity contribution in [3.8, 4) is 0 Å². The highest BCUT2D eigenvalue weighted by molar-refractivity contribution is 5.82. The van der Waals surface area contributed by atoms with E-state index < -0.39 is 30.9 Å². The maximum absolute atomic E-state index is 12.2. The number of nitrogens with one attached hydrogen (secondary N) is 2. The molecule has 0 fully saturated rings. The van der Waals surface area contributed by atoms with Crippen LogP contribution < -0.4 is 10.6 Å². The third-order valence-electron chi connectivity index (χ3n) is 3.25. The van der Waals surface area contributed by atoms with Crippen molar-refractivity contribution in [2.45, 2.75) is 51.4 Å². The Morgan fingerprint density at radius 1 is 1.44 bits per heavy atom. The number of alkyl halides is 1. The number of nitrogens with zero attached hydrogens (tertiary/aromatic N) is 3. The minimum absolute atomic E-state index is 0.156. The van der Waals surface area contributed by atoms with E-state index in [1.165, 1.54) is 4.68 Å². The maximum atomic E-state index is 12.2. The summed E-state index contributed by atoms with van der Waals surface area (Å²) >= 11 is 0. The van der Waals surface area contributed by atoms with Crippen LogP contribution in [0.4, 0.5) is 9.18 Å². The van der Waals surface area contributed by atoms with Crippen LogP contribution in [0.25, 0.3) is 0 Å². The number of carbonyl (C=O) groups excluding carboxylic acids is 2. The second-order valence-corrected chi connectivity index (χ2v) is 5.22. The molecule has 0 aliphatic carbocycles. The van der Waals surface area contributed by atoms with Crippen molar-refractivity contribution in [1.29, 1.82) is 0 Å². The quantitative estimate of drug-likeness (QED) is 0.359. The molecule has 0 unspecified atom stereocenters. The van der Waals surface area contributed by atoms with Crippen molar-refractivity contribution in [2.75, 3.05) is 6.67 Å². The van der Waals surface area contributed by atoms with Crippen LogP contribution in [0, 0.1) is 0 Å². The third kappa shape index (κ3) is 7.59. The first kappa shape index (κ1) is 20.3. The molecule has 0 spiro atoms. The molecule has 11 heteroatoms. The average molecular weight is 358 g/mol. The molecule has 2 amide bonds. The van der Waals surface area contributed by atoms with Crippen molar-refractivity contribution in [1.82, 2.24) is 25.6 Å². The van der Waals surface area contributed by atoms with Crippen LogP contribution in [0.2, 0.25) is 0 Å². The van der Waals surface area contributed by atoms with Gasteiger partial charge in [-0.25, -0.2) is 9.59 Å². The molecule has 140 valence electrons. The van der Waals surface area contributed by atoms with Gasteiger partial charge in [-0.2, -0.15) is 0 Å². The van der Waals surface area contributed by atoms with E-state index >= 15 is 0 Å². The fourth-order valence-corrected chi connectivity index (χ4v) is 2.04. The van der Waals surface area contributed by atoms with Crippen LogP contribution in [0.15, 0.2) is 6.20 Å². The van der Waals surface area contributed by atoms with Gasteiger partial charge in [-0.1, -0.05) is 18.6 Å². The highest BCUT2D eigenvalue weighted by Crippen LogP contribution is 2.01. The number of ether oxygens (including phenoxy) is 1. The van der Waals surface area contributed by atoms with E-state index in [1.54, 1.807) is 13.1 Å². The Morgan fingerprint density at radius 3 is 2.80 bits per heavy atom. The summed E-state index contributed by atoms with van der Waals surface area (Å²) in [7, 11) is 0. The standard InChI is InChI=1S/C14H22FN5O5/c1-2-3-11(13(22)23)16-14(24)17-12(25-9-21)5-7-20-8-10(4-6-15)18-19-20/h8-9,11-12H,2-7H2,1H3,(H,22,23)(H2,16,17,24)/t11-,12+/m0/s1/i15-1. The van der Waals surface area contributed by atoms with E-state index in [-0.39, 0.29) is 32.3 Å². The number of hydrogen-bond donors (Lipinski definition) is 3. The van der Waals surface area contributed by atoms with E-state index in [4.69, 9.17) is 9.84 Å². The second-order valence-electron chi connectivity index (χ2n) is 5.22. The van der Waals surface area contributed by atoms with Gasteiger partial charge in [0.25, 0.3) is 6.47 Å². The summed E-state index contributed by atoms with van der Waals surface area (Å²) in [4.78, 5) is 33.5. The van der Waals surface area contributed by atoms with Gasteiger partial charge in [0, 0.05) is 25.6 Å². The van der Waals surface area contributed by atoms with Gasteiger partial charge in [-0.3, -0.25) is 13.9 Å². The van der Waals surface area contributed by atoms with Crippen LogP contribution in [0.1, 0.15) is 31.9 Å². The van der Waals surface area contributed by atoms with E-state index in [2.05, 4.69) is 20.9 Å². The molecule has 0 aliphatic heterocycles. The normalized spacial score (nSPS) is 12.9. The Morgan fingerprint density at radius 2 is 2.20 bits per heavy atom. The Bertz CT molecular complexity index is 568. The molecule has 10 nitrogen and oxygen atoms in total. The number of aliphatic carboxylic acids is 1.